The number of sulfonamides is 1. The first kappa shape index (κ1) is 23.3. The summed E-state index contributed by atoms with van der Waals surface area (Å²) in [4.78, 5) is 19.3. The van der Waals surface area contributed by atoms with E-state index in [0.29, 0.717) is 17.4 Å². The van der Waals surface area contributed by atoms with E-state index in [4.69, 9.17) is 4.74 Å². The largest absolute Gasteiger partial charge is 0.483 e. The van der Waals surface area contributed by atoms with Gasteiger partial charge in [-0.2, -0.15) is 0 Å². The first-order chi connectivity index (χ1) is 14.6. The van der Waals surface area contributed by atoms with Gasteiger partial charge in [-0.25, -0.2) is 17.7 Å². The number of ether oxygens (including phenoxy) is 1. The van der Waals surface area contributed by atoms with Gasteiger partial charge in [0.05, 0.1) is 10.6 Å². The molecule has 0 aliphatic carbocycles. The molecule has 2 aromatic carbocycles. The molecule has 0 radical (unpaired) electrons. The number of aryl methyl sites for hydroxylation is 2. The van der Waals surface area contributed by atoms with Gasteiger partial charge in [-0.1, -0.05) is 43.0 Å². The van der Waals surface area contributed by atoms with Gasteiger partial charge in [-0.15, -0.1) is 0 Å². The topological polar surface area (TPSA) is 79.3 Å². The average Bonchev–Trinajstić information content (AvgIpc) is 3.07. The van der Waals surface area contributed by atoms with Crippen LogP contribution in [0, 0.1) is 13.8 Å². The number of amides is 1. The zero-order valence-electron chi connectivity index (χ0n) is 18.3. The molecule has 1 amide bonds. The van der Waals surface area contributed by atoms with Crippen molar-refractivity contribution in [3.05, 3.63) is 53.6 Å². The van der Waals surface area contributed by atoms with Gasteiger partial charge < -0.3 is 4.74 Å². The van der Waals surface area contributed by atoms with Gasteiger partial charge in [0.1, 0.15) is 5.75 Å². The van der Waals surface area contributed by atoms with E-state index in [1.54, 1.807) is 17.0 Å². The number of nitrogens with zero attached hydrogens (tertiary/aromatic N) is 3. The Labute approximate surface area is 188 Å². The second-order valence-corrected chi connectivity index (χ2v) is 11.2. The molecule has 0 aromatic heterocycles. The Bertz CT molecular complexity index is 1090. The number of hydrogen-bond donors (Lipinski definition) is 0. The molecule has 1 saturated heterocycles. The van der Waals surface area contributed by atoms with Gasteiger partial charge in [-0.05, 0) is 43.2 Å². The molecular formula is C22H27N3O4S2. The Morgan fingerprint density at radius 1 is 1.19 bits per heavy atom. The maximum absolute atomic E-state index is 12.9. The van der Waals surface area contributed by atoms with E-state index >= 15 is 0 Å². The Kier molecular flexibility index (Phi) is 7.08. The molecule has 1 aliphatic heterocycles. The fraction of sp³-hybridized carbons (Fsp3) is 0.364. The van der Waals surface area contributed by atoms with Crippen LogP contribution < -0.4 is 4.74 Å². The van der Waals surface area contributed by atoms with Crippen molar-refractivity contribution < 1.29 is 17.9 Å². The summed E-state index contributed by atoms with van der Waals surface area (Å²) in [5.41, 5.74) is 2.43. The predicted octanol–water partition coefficient (Wildman–Crippen LogP) is 3.58. The molecule has 0 bridgehead atoms. The van der Waals surface area contributed by atoms with Crippen LogP contribution in [0.1, 0.15) is 18.1 Å². The highest BCUT2D eigenvalue weighted by Gasteiger charge is 2.31. The van der Waals surface area contributed by atoms with E-state index < -0.39 is 10.0 Å². The van der Waals surface area contributed by atoms with Crippen molar-refractivity contribution >= 4 is 38.5 Å². The molecule has 1 fully saturated rings. The van der Waals surface area contributed by atoms with Crippen LogP contribution >= 0.6 is 11.8 Å². The van der Waals surface area contributed by atoms with Crippen LogP contribution in [0.15, 0.2) is 52.4 Å². The monoisotopic (exact) mass is 461 g/mol. The third kappa shape index (κ3) is 5.28. The summed E-state index contributed by atoms with van der Waals surface area (Å²) >= 11 is 1.48. The fourth-order valence-electron chi connectivity index (χ4n) is 3.18. The van der Waals surface area contributed by atoms with Crippen LogP contribution in [0.4, 0.5) is 5.69 Å². The number of carbonyl (C=O) groups is 1. The van der Waals surface area contributed by atoms with Crippen LogP contribution in [0.5, 0.6) is 5.75 Å². The number of hydrogen-bond acceptors (Lipinski definition) is 6. The van der Waals surface area contributed by atoms with Crippen molar-refractivity contribution in [3.63, 3.8) is 0 Å². The zero-order chi connectivity index (χ0) is 22.8. The summed E-state index contributed by atoms with van der Waals surface area (Å²) < 4.78 is 31.8. The van der Waals surface area contributed by atoms with Crippen LogP contribution in [0.2, 0.25) is 0 Å². The van der Waals surface area contributed by atoms with Gasteiger partial charge in [0.15, 0.2) is 11.8 Å². The Balaban J connectivity index is 1.81. The first-order valence-electron chi connectivity index (χ1n) is 9.87. The number of rotatable bonds is 6. The summed E-state index contributed by atoms with van der Waals surface area (Å²) in [6.45, 7) is 6.35. The minimum Gasteiger partial charge on any atom is -0.483 e. The van der Waals surface area contributed by atoms with Gasteiger partial charge in [0.2, 0.25) is 10.0 Å². The number of carbonyl (C=O) groups excluding carboxylic acids is 1. The molecule has 9 heteroatoms. The average molecular weight is 462 g/mol. The number of thioether (sulfide) groups is 1. The standard InChI is InChI=1S/C22H27N3O4S2/c1-15-8-6-9-16(2)21(15)29-14-20(26)25-13-17(3)30-22(25)23-18-10-7-11-19(12-18)31(27,28)24(4)5/h6-12,17H,13-14H2,1-5H3. The van der Waals surface area contributed by atoms with Crippen molar-refractivity contribution in [1.29, 1.82) is 0 Å². The molecule has 1 unspecified atom stereocenters. The Hall–Kier alpha value is -2.36. The Morgan fingerprint density at radius 2 is 1.84 bits per heavy atom. The summed E-state index contributed by atoms with van der Waals surface area (Å²) in [5, 5.41) is 0.721. The van der Waals surface area contributed by atoms with Crippen molar-refractivity contribution in [2.75, 3.05) is 27.2 Å². The highest BCUT2D eigenvalue weighted by Crippen LogP contribution is 2.30. The van der Waals surface area contributed by atoms with Crippen molar-refractivity contribution in [3.8, 4) is 5.75 Å². The summed E-state index contributed by atoms with van der Waals surface area (Å²) in [6, 6.07) is 12.3. The molecule has 0 N–H and O–H groups in total. The van der Waals surface area contributed by atoms with E-state index in [-0.39, 0.29) is 22.7 Å². The fourth-order valence-corrected chi connectivity index (χ4v) is 5.17. The van der Waals surface area contributed by atoms with Gasteiger partial charge >= 0.3 is 0 Å². The molecule has 3 rings (SSSR count). The molecule has 1 atom stereocenters. The summed E-state index contributed by atoms with van der Waals surface area (Å²) in [5.74, 6) is 0.533. The minimum absolute atomic E-state index is 0.0902. The normalized spacial score (nSPS) is 18.1. The van der Waals surface area contributed by atoms with Crippen LogP contribution in [0.25, 0.3) is 0 Å². The van der Waals surface area contributed by atoms with Gasteiger partial charge in [-0.3, -0.25) is 9.69 Å². The van der Waals surface area contributed by atoms with Crippen LogP contribution in [-0.4, -0.2) is 61.2 Å². The van der Waals surface area contributed by atoms with Gasteiger partial charge in [0, 0.05) is 25.9 Å². The van der Waals surface area contributed by atoms with E-state index in [9.17, 15) is 13.2 Å². The minimum atomic E-state index is -3.56. The van der Waals surface area contributed by atoms with Crippen molar-refractivity contribution in [2.24, 2.45) is 4.99 Å². The van der Waals surface area contributed by atoms with Crippen molar-refractivity contribution in [1.82, 2.24) is 9.21 Å². The second-order valence-electron chi connectivity index (χ2n) is 7.62. The van der Waals surface area contributed by atoms with E-state index in [1.165, 1.54) is 38.0 Å². The zero-order valence-corrected chi connectivity index (χ0v) is 20.0. The number of aliphatic imine (C=N–C) groups is 1. The molecule has 1 heterocycles. The lowest BCUT2D eigenvalue weighted by atomic mass is 10.1. The maximum atomic E-state index is 12.9. The molecular weight excluding hydrogens is 434 g/mol. The maximum Gasteiger partial charge on any atom is 0.266 e. The van der Waals surface area contributed by atoms with E-state index in [2.05, 4.69) is 4.99 Å². The van der Waals surface area contributed by atoms with Gasteiger partial charge in [0.25, 0.3) is 5.91 Å². The van der Waals surface area contributed by atoms with Crippen molar-refractivity contribution in [2.45, 2.75) is 30.9 Å². The first-order valence-corrected chi connectivity index (χ1v) is 12.2. The number of amidine groups is 1. The van der Waals surface area contributed by atoms with Crippen LogP contribution in [0.3, 0.4) is 0 Å². The molecule has 2 aromatic rings. The Morgan fingerprint density at radius 3 is 2.48 bits per heavy atom. The molecule has 0 spiro atoms. The second kappa shape index (κ2) is 9.42. The molecule has 0 saturated carbocycles. The molecule has 166 valence electrons. The van der Waals surface area contributed by atoms with E-state index in [1.807, 2.05) is 39.0 Å². The highest BCUT2D eigenvalue weighted by atomic mass is 32.2. The predicted molar refractivity (Wildman–Crippen MR) is 125 cm³/mol. The number of para-hydroxylation sites is 1. The summed E-state index contributed by atoms with van der Waals surface area (Å²) in [7, 11) is -0.594. The molecule has 7 nitrogen and oxygen atoms in total. The van der Waals surface area contributed by atoms with E-state index in [0.717, 1.165) is 21.2 Å². The quantitative estimate of drug-likeness (QED) is 0.657. The summed E-state index contributed by atoms with van der Waals surface area (Å²) in [6.07, 6.45) is 0. The van der Waals surface area contributed by atoms with Crippen LogP contribution in [-0.2, 0) is 14.8 Å². The third-order valence-electron chi connectivity index (χ3n) is 4.85. The lowest BCUT2D eigenvalue weighted by Crippen LogP contribution is -2.36. The smallest absolute Gasteiger partial charge is 0.266 e. The molecule has 31 heavy (non-hydrogen) atoms. The number of benzene rings is 2. The molecule has 1 aliphatic rings. The highest BCUT2D eigenvalue weighted by molar-refractivity contribution is 8.14. The third-order valence-corrected chi connectivity index (χ3v) is 7.73. The lowest BCUT2D eigenvalue weighted by molar-refractivity contribution is -0.129. The lowest BCUT2D eigenvalue weighted by Gasteiger charge is -2.18. The SMILES string of the molecule is Cc1cccc(C)c1OCC(=O)N1CC(C)SC1=Nc1cccc(S(=O)(=O)N(C)C)c1.